The van der Waals surface area contributed by atoms with Crippen LogP contribution in [0.2, 0.25) is 5.02 Å². The van der Waals surface area contributed by atoms with Gasteiger partial charge >= 0.3 is 0 Å². The van der Waals surface area contributed by atoms with Crippen LogP contribution in [0.25, 0.3) is 0 Å². The molecule has 5 N–H and O–H groups in total. The van der Waals surface area contributed by atoms with E-state index in [9.17, 15) is 9.59 Å². The van der Waals surface area contributed by atoms with E-state index in [-0.39, 0.29) is 6.54 Å². The summed E-state index contributed by atoms with van der Waals surface area (Å²) in [6, 6.07) is 4.45. The number of nitrogens with two attached hydrogens (primary N) is 2. The molecule has 6 heteroatoms. The molecule has 0 fully saturated rings. The summed E-state index contributed by atoms with van der Waals surface area (Å²) < 4.78 is 0. The van der Waals surface area contributed by atoms with Crippen LogP contribution in [0.4, 0.5) is 5.69 Å². The molecule has 0 heterocycles. The van der Waals surface area contributed by atoms with Crippen molar-refractivity contribution in [3.8, 4) is 0 Å². The highest BCUT2D eigenvalue weighted by Gasteiger charge is 2.07. The van der Waals surface area contributed by atoms with Gasteiger partial charge in [0.05, 0.1) is 17.3 Å². The zero-order valence-corrected chi connectivity index (χ0v) is 8.54. The first-order valence-corrected chi connectivity index (χ1v) is 4.50. The summed E-state index contributed by atoms with van der Waals surface area (Å²) in [5.41, 5.74) is 11.0. The number of primary amides is 1. The molecule has 0 unspecified atom stereocenters. The van der Waals surface area contributed by atoms with Crippen LogP contribution in [0.5, 0.6) is 0 Å². The number of nitrogens with one attached hydrogen (secondary N) is 1. The molecule has 1 aromatic carbocycles. The summed E-state index contributed by atoms with van der Waals surface area (Å²) >= 11 is 5.68. The fraction of sp³-hybridized carbons (Fsp3) is 0.111. The molecule has 0 saturated heterocycles. The van der Waals surface area contributed by atoms with Gasteiger partial charge in [-0.25, -0.2) is 0 Å². The van der Waals surface area contributed by atoms with E-state index >= 15 is 0 Å². The number of carbonyl (C=O) groups is 2. The van der Waals surface area contributed by atoms with Gasteiger partial charge in [0, 0.05) is 5.56 Å². The Morgan fingerprint density at radius 1 is 1.40 bits per heavy atom. The minimum atomic E-state index is -0.606. The SMILES string of the molecule is NC(=O)CNC(=O)c1ccc(Cl)c(N)c1. The third-order valence-electron chi connectivity index (χ3n) is 1.68. The fourth-order valence-corrected chi connectivity index (χ4v) is 1.07. The Morgan fingerprint density at radius 3 is 2.60 bits per heavy atom. The highest BCUT2D eigenvalue weighted by Crippen LogP contribution is 2.19. The number of nitrogen functional groups attached to an aromatic ring is 1. The second kappa shape index (κ2) is 4.65. The lowest BCUT2D eigenvalue weighted by molar-refractivity contribution is -0.117. The predicted octanol–water partition coefficient (Wildman–Crippen LogP) is 0.137. The van der Waals surface area contributed by atoms with Gasteiger partial charge in [0.25, 0.3) is 5.91 Å². The van der Waals surface area contributed by atoms with Crippen LogP contribution in [0.15, 0.2) is 18.2 Å². The maximum absolute atomic E-state index is 11.4. The number of amides is 2. The second-order valence-corrected chi connectivity index (χ2v) is 3.29. The van der Waals surface area contributed by atoms with Gasteiger partial charge in [-0.05, 0) is 18.2 Å². The van der Waals surface area contributed by atoms with E-state index in [1.165, 1.54) is 18.2 Å². The van der Waals surface area contributed by atoms with Gasteiger partial charge in [-0.1, -0.05) is 11.6 Å². The first-order valence-electron chi connectivity index (χ1n) is 4.12. The molecule has 1 rings (SSSR count). The van der Waals surface area contributed by atoms with E-state index in [1.54, 1.807) is 0 Å². The van der Waals surface area contributed by atoms with Crippen LogP contribution in [-0.2, 0) is 4.79 Å². The number of rotatable bonds is 3. The molecule has 2 amide bonds. The van der Waals surface area contributed by atoms with Crippen LogP contribution >= 0.6 is 11.6 Å². The van der Waals surface area contributed by atoms with Crippen molar-refractivity contribution in [2.45, 2.75) is 0 Å². The zero-order chi connectivity index (χ0) is 11.4. The van der Waals surface area contributed by atoms with Gasteiger partial charge < -0.3 is 16.8 Å². The Kier molecular flexibility index (Phi) is 3.51. The molecule has 0 spiro atoms. The summed E-state index contributed by atoms with van der Waals surface area (Å²) in [7, 11) is 0. The van der Waals surface area contributed by atoms with E-state index in [0.29, 0.717) is 16.3 Å². The van der Waals surface area contributed by atoms with Gasteiger partial charge in [-0.3, -0.25) is 9.59 Å². The van der Waals surface area contributed by atoms with Gasteiger partial charge in [-0.2, -0.15) is 0 Å². The summed E-state index contributed by atoms with van der Waals surface area (Å²) in [6.45, 7) is -0.207. The standard InChI is InChI=1S/C9H10ClN3O2/c10-6-2-1-5(3-7(6)11)9(15)13-4-8(12)14/h1-3H,4,11H2,(H2,12,14)(H,13,15). The molecule has 5 nitrogen and oxygen atoms in total. The summed E-state index contributed by atoms with van der Waals surface area (Å²) in [5.74, 6) is -1.03. The van der Waals surface area contributed by atoms with Crippen molar-refractivity contribution in [3.63, 3.8) is 0 Å². The minimum absolute atomic E-state index is 0.207. The molecule has 0 aromatic heterocycles. The Balaban J connectivity index is 2.74. The minimum Gasteiger partial charge on any atom is -0.398 e. The lowest BCUT2D eigenvalue weighted by Gasteiger charge is -2.04. The normalized spacial score (nSPS) is 9.67. The average Bonchev–Trinajstić information content (AvgIpc) is 2.18. The van der Waals surface area contributed by atoms with Crippen LogP contribution in [0, 0.1) is 0 Å². The zero-order valence-electron chi connectivity index (χ0n) is 7.79. The van der Waals surface area contributed by atoms with E-state index in [2.05, 4.69) is 5.32 Å². The van der Waals surface area contributed by atoms with Gasteiger partial charge in [0.1, 0.15) is 0 Å². The Hall–Kier alpha value is -1.75. The smallest absolute Gasteiger partial charge is 0.251 e. The third kappa shape index (κ3) is 3.14. The molecule has 80 valence electrons. The Bertz CT molecular complexity index is 406. The molecule has 0 bridgehead atoms. The van der Waals surface area contributed by atoms with Crippen LogP contribution in [0.1, 0.15) is 10.4 Å². The quantitative estimate of drug-likeness (QED) is 0.641. The third-order valence-corrected chi connectivity index (χ3v) is 2.03. The fourth-order valence-electron chi connectivity index (χ4n) is 0.954. The molecular weight excluding hydrogens is 218 g/mol. The number of benzene rings is 1. The summed E-state index contributed by atoms with van der Waals surface area (Å²) in [4.78, 5) is 21.8. The molecule has 0 aliphatic rings. The Labute approximate surface area is 91.4 Å². The lowest BCUT2D eigenvalue weighted by atomic mass is 10.2. The molecule has 0 aliphatic carbocycles. The lowest BCUT2D eigenvalue weighted by Crippen LogP contribution is -2.33. The molecular formula is C9H10ClN3O2. The van der Waals surface area contributed by atoms with Crippen molar-refractivity contribution in [3.05, 3.63) is 28.8 Å². The molecule has 0 aliphatic heterocycles. The van der Waals surface area contributed by atoms with E-state index in [4.69, 9.17) is 23.1 Å². The second-order valence-electron chi connectivity index (χ2n) is 2.89. The van der Waals surface area contributed by atoms with E-state index in [0.717, 1.165) is 0 Å². The maximum Gasteiger partial charge on any atom is 0.251 e. The Morgan fingerprint density at radius 2 is 2.07 bits per heavy atom. The molecule has 1 aromatic rings. The van der Waals surface area contributed by atoms with E-state index in [1.807, 2.05) is 0 Å². The summed E-state index contributed by atoms with van der Waals surface area (Å²) in [5, 5.41) is 2.71. The van der Waals surface area contributed by atoms with E-state index < -0.39 is 11.8 Å². The van der Waals surface area contributed by atoms with Crippen LogP contribution < -0.4 is 16.8 Å². The van der Waals surface area contributed by atoms with Crippen molar-refractivity contribution >= 4 is 29.1 Å². The van der Waals surface area contributed by atoms with Crippen molar-refractivity contribution in [1.29, 1.82) is 0 Å². The van der Waals surface area contributed by atoms with Crippen molar-refractivity contribution in [2.24, 2.45) is 5.73 Å². The van der Waals surface area contributed by atoms with Crippen LogP contribution in [-0.4, -0.2) is 18.4 Å². The van der Waals surface area contributed by atoms with Crippen molar-refractivity contribution in [2.75, 3.05) is 12.3 Å². The highest BCUT2D eigenvalue weighted by atomic mass is 35.5. The molecule has 15 heavy (non-hydrogen) atoms. The highest BCUT2D eigenvalue weighted by molar-refractivity contribution is 6.33. The largest absolute Gasteiger partial charge is 0.398 e. The van der Waals surface area contributed by atoms with Gasteiger partial charge in [-0.15, -0.1) is 0 Å². The topological polar surface area (TPSA) is 98.2 Å². The maximum atomic E-state index is 11.4. The van der Waals surface area contributed by atoms with Crippen molar-refractivity contribution in [1.82, 2.24) is 5.32 Å². The average molecular weight is 228 g/mol. The van der Waals surface area contributed by atoms with Crippen molar-refractivity contribution < 1.29 is 9.59 Å². The summed E-state index contributed by atoms with van der Waals surface area (Å²) in [6.07, 6.45) is 0. The number of carbonyl (C=O) groups excluding carboxylic acids is 2. The molecule has 0 radical (unpaired) electrons. The first-order chi connectivity index (χ1) is 7.00. The monoisotopic (exact) mass is 227 g/mol. The number of halogens is 1. The van der Waals surface area contributed by atoms with Crippen LogP contribution in [0.3, 0.4) is 0 Å². The molecule has 0 saturated carbocycles. The van der Waals surface area contributed by atoms with Gasteiger partial charge in [0.2, 0.25) is 5.91 Å². The number of hydrogen-bond donors (Lipinski definition) is 3. The number of anilines is 1. The first kappa shape index (κ1) is 11.3. The molecule has 0 atom stereocenters. The van der Waals surface area contributed by atoms with Gasteiger partial charge in [0.15, 0.2) is 0 Å². The number of hydrogen-bond acceptors (Lipinski definition) is 3. The predicted molar refractivity (Wildman–Crippen MR) is 57.4 cm³/mol.